The van der Waals surface area contributed by atoms with Crippen molar-refractivity contribution in [1.29, 1.82) is 0 Å². The molecule has 2 unspecified atom stereocenters. The molecule has 2 rings (SSSR count). The fraction of sp³-hybridized carbons (Fsp3) is 0.588. The van der Waals surface area contributed by atoms with Crippen LogP contribution in [0.3, 0.4) is 0 Å². The molecule has 0 spiro atoms. The zero-order valence-electron chi connectivity index (χ0n) is 13.3. The van der Waals surface area contributed by atoms with Gasteiger partial charge in [0.1, 0.15) is 0 Å². The number of rotatable bonds is 6. The summed E-state index contributed by atoms with van der Waals surface area (Å²) in [6.07, 6.45) is 3.76. The zero-order chi connectivity index (χ0) is 15.2. The normalized spacial score (nSPS) is 17.7. The van der Waals surface area contributed by atoms with E-state index in [9.17, 15) is 4.79 Å². The van der Waals surface area contributed by atoms with Crippen LogP contribution in [-0.4, -0.2) is 18.6 Å². The maximum atomic E-state index is 12.0. The molecule has 0 saturated heterocycles. The molecule has 2 atom stereocenters. The molecule has 1 aliphatic carbocycles. The molecule has 1 aliphatic rings. The SMILES string of the molecule is CCNC(C)c1cccc(NC(=O)NC(C)C2CCC2)c1. The van der Waals surface area contributed by atoms with Gasteiger partial charge < -0.3 is 16.0 Å². The Kier molecular flexibility index (Phi) is 5.62. The standard InChI is InChI=1S/C17H27N3O/c1-4-18-12(2)15-9-6-10-16(11-15)20-17(21)19-13(3)14-7-5-8-14/h6,9-14,18H,4-5,7-8H2,1-3H3,(H2,19,20,21). The smallest absolute Gasteiger partial charge is 0.319 e. The summed E-state index contributed by atoms with van der Waals surface area (Å²) in [5.41, 5.74) is 2.03. The minimum absolute atomic E-state index is 0.109. The first-order chi connectivity index (χ1) is 10.1. The molecule has 1 aromatic rings. The van der Waals surface area contributed by atoms with Gasteiger partial charge in [0.25, 0.3) is 0 Å². The number of hydrogen-bond acceptors (Lipinski definition) is 2. The van der Waals surface area contributed by atoms with Crippen molar-refractivity contribution >= 4 is 11.7 Å². The molecule has 0 aromatic heterocycles. The average molecular weight is 289 g/mol. The third-order valence-electron chi connectivity index (χ3n) is 4.37. The molecule has 0 bridgehead atoms. The Morgan fingerprint density at radius 3 is 2.71 bits per heavy atom. The Labute approximate surface area is 127 Å². The maximum Gasteiger partial charge on any atom is 0.319 e. The van der Waals surface area contributed by atoms with Crippen molar-refractivity contribution in [1.82, 2.24) is 10.6 Å². The van der Waals surface area contributed by atoms with E-state index in [2.05, 4.69) is 42.8 Å². The van der Waals surface area contributed by atoms with Crippen LogP contribution in [0.1, 0.15) is 51.6 Å². The van der Waals surface area contributed by atoms with E-state index in [0.29, 0.717) is 5.92 Å². The Hall–Kier alpha value is -1.55. The van der Waals surface area contributed by atoms with Crippen molar-refractivity contribution in [2.24, 2.45) is 5.92 Å². The van der Waals surface area contributed by atoms with Gasteiger partial charge in [0.15, 0.2) is 0 Å². The van der Waals surface area contributed by atoms with Gasteiger partial charge in [0.2, 0.25) is 0 Å². The van der Waals surface area contributed by atoms with Gasteiger partial charge in [-0.3, -0.25) is 0 Å². The Morgan fingerprint density at radius 2 is 2.10 bits per heavy atom. The first-order valence-corrected chi connectivity index (χ1v) is 8.01. The van der Waals surface area contributed by atoms with Crippen LogP contribution in [0.5, 0.6) is 0 Å². The first kappa shape index (κ1) is 15.8. The summed E-state index contributed by atoms with van der Waals surface area (Å²) < 4.78 is 0. The van der Waals surface area contributed by atoms with Crippen LogP contribution in [0, 0.1) is 5.92 Å². The predicted octanol–water partition coefficient (Wildman–Crippen LogP) is 3.67. The molecule has 4 heteroatoms. The van der Waals surface area contributed by atoms with Gasteiger partial charge >= 0.3 is 6.03 Å². The lowest BCUT2D eigenvalue weighted by molar-refractivity contribution is 0.222. The average Bonchev–Trinajstić information content (AvgIpc) is 2.36. The molecule has 0 heterocycles. The lowest BCUT2D eigenvalue weighted by Gasteiger charge is -2.31. The van der Waals surface area contributed by atoms with Crippen molar-refractivity contribution in [3.05, 3.63) is 29.8 Å². The molecule has 0 aliphatic heterocycles. The summed E-state index contributed by atoms with van der Waals surface area (Å²) in [6.45, 7) is 7.24. The highest BCUT2D eigenvalue weighted by Crippen LogP contribution is 2.29. The van der Waals surface area contributed by atoms with E-state index in [0.717, 1.165) is 12.2 Å². The van der Waals surface area contributed by atoms with Crippen LogP contribution in [0.25, 0.3) is 0 Å². The Balaban J connectivity index is 1.89. The number of amides is 2. The maximum absolute atomic E-state index is 12.0. The van der Waals surface area contributed by atoms with Crippen molar-refractivity contribution in [2.45, 2.75) is 52.1 Å². The molecular weight excluding hydrogens is 262 g/mol. The number of nitrogens with one attached hydrogen (secondary N) is 3. The topological polar surface area (TPSA) is 53.2 Å². The molecule has 1 fully saturated rings. The predicted molar refractivity (Wildman–Crippen MR) is 87.5 cm³/mol. The number of urea groups is 1. The third-order valence-corrected chi connectivity index (χ3v) is 4.37. The monoisotopic (exact) mass is 289 g/mol. The Morgan fingerprint density at radius 1 is 1.33 bits per heavy atom. The summed E-state index contributed by atoms with van der Waals surface area (Å²) in [5.74, 6) is 0.649. The highest BCUT2D eigenvalue weighted by atomic mass is 16.2. The van der Waals surface area contributed by atoms with Crippen molar-refractivity contribution in [3.8, 4) is 0 Å². The van der Waals surface area contributed by atoms with Gasteiger partial charge in [-0.1, -0.05) is 25.5 Å². The Bertz CT molecular complexity index is 471. The zero-order valence-corrected chi connectivity index (χ0v) is 13.3. The number of benzene rings is 1. The molecule has 3 N–H and O–H groups in total. The molecule has 21 heavy (non-hydrogen) atoms. The summed E-state index contributed by atoms with van der Waals surface area (Å²) >= 11 is 0. The van der Waals surface area contributed by atoms with Gasteiger partial charge in [-0.05, 0) is 56.8 Å². The largest absolute Gasteiger partial charge is 0.335 e. The van der Waals surface area contributed by atoms with Gasteiger partial charge in [-0.2, -0.15) is 0 Å². The van der Waals surface area contributed by atoms with Crippen LogP contribution in [0.2, 0.25) is 0 Å². The molecular formula is C17H27N3O. The van der Waals surface area contributed by atoms with Crippen molar-refractivity contribution < 1.29 is 4.79 Å². The molecule has 1 saturated carbocycles. The van der Waals surface area contributed by atoms with Crippen LogP contribution in [0.15, 0.2) is 24.3 Å². The van der Waals surface area contributed by atoms with Gasteiger partial charge in [-0.15, -0.1) is 0 Å². The summed E-state index contributed by atoms with van der Waals surface area (Å²) in [7, 11) is 0. The number of hydrogen-bond donors (Lipinski definition) is 3. The lowest BCUT2D eigenvalue weighted by Crippen LogP contribution is -2.42. The molecule has 0 radical (unpaired) electrons. The number of carbonyl (C=O) groups excluding carboxylic acids is 1. The third kappa shape index (κ3) is 4.46. The van der Waals surface area contributed by atoms with E-state index in [1.165, 1.54) is 24.8 Å². The van der Waals surface area contributed by atoms with Crippen molar-refractivity contribution in [2.75, 3.05) is 11.9 Å². The van der Waals surface area contributed by atoms with Crippen LogP contribution in [0.4, 0.5) is 10.5 Å². The fourth-order valence-electron chi connectivity index (χ4n) is 2.74. The van der Waals surface area contributed by atoms with Crippen LogP contribution >= 0.6 is 0 Å². The summed E-state index contributed by atoms with van der Waals surface area (Å²) in [4.78, 5) is 12.0. The molecule has 116 valence electrons. The van der Waals surface area contributed by atoms with Gasteiger partial charge in [0.05, 0.1) is 0 Å². The number of carbonyl (C=O) groups is 1. The first-order valence-electron chi connectivity index (χ1n) is 8.01. The van der Waals surface area contributed by atoms with Gasteiger partial charge in [-0.25, -0.2) is 4.79 Å². The second-order valence-corrected chi connectivity index (χ2v) is 5.98. The van der Waals surface area contributed by atoms with E-state index >= 15 is 0 Å². The molecule has 4 nitrogen and oxygen atoms in total. The summed E-state index contributed by atoms with van der Waals surface area (Å²) in [6, 6.07) is 8.44. The minimum atomic E-state index is -0.109. The lowest BCUT2D eigenvalue weighted by atomic mass is 9.80. The minimum Gasteiger partial charge on any atom is -0.335 e. The second-order valence-electron chi connectivity index (χ2n) is 5.98. The van der Waals surface area contributed by atoms with Crippen LogP contribution in [-0.2, 0) is 0 Å². The fourth-order valence-corrected chi connectivity index (χ4v) is 2.74. The highest BCUT2D eigenvalue weighted by Gasteiger charge is 2.24. The molecule has 1 aromatic carbocycles. The second kappa shape index (κ2) is 7.46. The van der Waals surface area contributed by atoms with E-state index < -0.39 is 0 Å². The van der Waals surface area contributed by atoms with Crippen LogP contribution < -0.4 is 16.0 Å². The van der Waals surface area contributed by atoms with E-state index in [1.807, 2.05) is 18.2 Å². The van der Waals surface area contributed by atoms with E-state index in [4.69, 9.17) is 0 Å². The van der Waals surface area contributed by atoms with E-state index in [1.54, 1.807) is 0 Å². The number of anilines is 1. The van der Waals surface area contributed by atoms with E-state index in [-0.39, 0.29) is 18.1 Å². The molecule has 2 amide bonds. The summed E-state index contributed by atoms with van der Waals surface area (Å²) in [5, 5.41) is 9.35. The highest BCUT2D eigenvalue weighted by molar-refractivity contribution is 5.89. The quantitative estimate of drug-likeness (QED) is 0.748. The van der Waals surface area contributed by atoms with Crippen molar-refractivity contribution in [3.63, 3.8) is 0 Å². The van der Waals surface area contributed by atoms with Gasteiger partial charge in [0, 0.05) is 17.8 Å².